The van der Waals surface area contributed by atoms with Gasteiger partial charge in [-0.2, -0.15) is 0 Å². The van der Waals surface area contributed by atoms with Crippen LogP contribution in [0.4, 0.5) is 0 Å². The fraction of sp³-hybridized carbons (Fsp3) is 0.273. The third-order valence-corrected chi connectivity index (χ3v) is 4.79. The summed E-state index contributed by atoms with van der Waals surface area (Å²) in [5.74, 6) is 3.89. The average Bonchev–Trinajstić information content (AvgIpc) is 2.91. The van der Waals surface area contributed by atoms with Gasteiger partial charge < -0.3 is 0 Å². The maximum Gasteiger partial charge on any atom is 0.00921 e. The summed E-state index contributed by atoms with van der Waals surface area (Å²) in [5, 5.41) is 0. The van der Waals surface area contributed by atoms with Gasteiger partial charge in [0.1, 0.15) is 0 Å². The van der Waals surface area contributed by atoms with Gasteiger partial charge in [-0.3, -0.25) is 0 Å². The van der Waals surface area contributed by atoms with Crippen molar-refractivity contribution in [3.8, 4) is 12.3 Å². The molecule has 2 aromatic rings. The average molecular weight is 286 g/mol. The van der Waals surface area contributed by atoms with E-state index in [-0.39, 0.29) is 0 Å². The third-order valence-electron chi connectivity index (χ3n) is 4.79. The Morgan fingerprint density at radius 2 is 2.00 bits per heavy atom. The molecular formula is C22H22. The molecule has 0 fully saturated rings. The summed E-state index contributed by atoms with van der Waals surface area (Å²) in [4.78, 5) is 0. The first-order valence-electron chi connectivity index (χ1n) is 7.98. The summed E-state index contributed by atoms with van der Waals surface area (Å²) in [5.41, 5.74) is 6.76. The summed E-state index contributed by atoms with van der Waals surface area (Å²) >= 11 is 0. The molecule has 0 saturated carbocycles. The minimum atomic E-state index is 0.535. The minimum absolute atomic E-state index is 0.535. The highest BCUT2D eigenvalue weighted by molar-refractivity contribution is 5.63. The van der Waals surface area contributed by atoms with Crippen LogP contribution in [-0.4, -0.2) is 0 Å². The second kappa shape index (κ2) is 6.24. The molecule has 0 heterocycles. The Balaban J connectivity index is 1.99. The number of rotatable bonds is 4. The monoisotopic (exact) mass is 286 g/mol. The Morgan fingerprint density at radius 3 is 2.68 bits per heavy atom. The number of hydrogen-bond donors (Lipinski definition) is 0. The van der Waals surface area contributed by atoms with Crippen LogP contribution >= 0.6 is 0 Å². The van der Waals surface area contributed by atoms with Crippen LogP contribution in [0.3, 0.4) is 0 Å². The van der Waals surface area contributed by atoms with Crippen LogP contribution in [0.5, 0.6) is 0 Å². The van der Waals surface area contributed by atoms with Gasteiger partial charge in [0, 0.05) is 6.42 Å². The molecule has 0 bridgehead atoms. The maximum atomic E-state index is 5.51. The SMILES string of the molecule is C#CCCC1c2ccc(C(=C)C)cc2CC1c1ccccc1. The van der Waals surface area contributed by atoms with Gasteiger partial charge in [-0.05, 0) is 53.9 Å². The number of terminal acetylenes is 1. The van der Waals surface area contributed by atoms with Gasteiger partial charge in [0.15, 0.2) is 0 Å². The molecule has 110 valence electrons. The van der Waals surface area contributed by atoms with E-state index in [9.17, 15) is 0 Å². The van der Waals surface area contributed by atoms with Gasteiger partial charge in [-0.25, -0.2) is 0 Å². The van der Waals surface area contributed by atoms with E-state index >= 15 is 0 Å². The Bertz CT molecular complexity index is 715. The summed E-state index contributed by atoms with van der Waals surface area (Å²) in [6.07, 6.45) is 8.53. The molecule has 1 aliphatic carbocycles. The second-order valence-corrected chi connectivity index (χ2v) is 6.26. The molecule has 2 aromatic carbocycles. The number of fused-ring (bicyclic) bond motifs is 1. The van der Waals surface area contributed by atoms with Crippen molar-refractivity contribution in [3.05, 3.63) is 77.4 Å². The lowest BCUT2D eigenvalue weighted by atomic mass is 9.84. The van der Waals surface area contributed by atoms with E-state index in [0.717, 1.165) is 24.8 Å². The van der Waals surface area contributed by atoms with Crippen LogP contribution in [0.15, 0.2) is 55.1 Å². The van der Waals surface area contributed by atoms with Crippen LogP contribution in [0.2, 0.25) is 0 Å². The summed E-state index contributed by atoms with van der Waals surface area (Å²) in [7, 11) is 0. The molecule has 22 heavy (non-hydrogen) atoms. The fourth-order valence-electron chi connectivity index (χ4n) is 3.65. The highest BCUT2D eigenvalue weighted by atomic mass is 14.4. The normalized spacial score (nSPS) is 19.5. The van der Waals surface area contributed by atoms with Gasteiger partial charge in [0.25, 0.3) is 0 Å². The minimum Gasteiger partial charge on any atom is -0.120 e. The molecule has 0 aliphatic heterocycles. The summed E-state index contributed by atoms with van der Waals surface area (Å²) in [6.45, 7) is 6.14. The van der Waals surface area contributed by atoms with Crippen molar-refractivity contribution in [2.24, 2.45) is 0 Å². The van der Waals surface area contributed by atoms with Gasteiger partial charge in [0.2, 0.25) is 0 Å². The first-order chi connectivity index (χ1) is 10.7. The first-order valence-corrected chi connectivity index (χ1v) is 7.98. The van der Waals surface area contributed by atoms with E-state index in [0.29, 0.717) is 11.8 Å². The van der Waals surface area contributed by atoms with E-state index in [4.69, 9.17) is 6.42 Å². The lowest BCUT2D eigenvalue weighted by molar-refractivity contribution is 0.550. The molecule has 0 aromatic heterocycles. The van der Waals surface area contributed by atoms with Crippen molar-refractivity contribution >= 4 is 5.57 Å². The largest absolute Gasteiger partial charge is 0.120 e. The van der Waals surface area contributed by atoms with Crippen LogP contribution in [0.25, 0.3) is 5.57 Å². The van der Waals surface area contributed by atoms with Crippen molar-refractivity contribution in [3.63, 3.8) is 0 Å². The molecule has 2 atom stereocenters. The molecule has 0 saturated heterocycles. The quantitative estimate of drug-likeness (QED) is 0.646. The van der Waals surface area contributed by atoms with Crippen LogP contribution in [0, 0.1) is 12.3 Å². The second-order valence-electron chi connectivity index (χ2n) is 6.26. The van der Waals surface area contributed by atoms with Crippen molar-refractivity contribution in [2.75, 3.05) is 0 Å². The van der Waals surface area contributed by atoms with Crippen molar-refractivity contribution in [1.82, 2.24) is 0 Å². The Kier molecular flexibility index (Phi) is 4.16. The summed E-state index contributed by atoms with van der Waals surface area (Å²) in [6, 6.07) is 17.7. The third kappa shape index (κ3) is 2.72. The highest BCUT2D eigenvalue weighted by Crippen LogP contribution is 2.46. The van der Waals surface area contributed by atoms with Crippen LogP contribution in [-0.2, 0) is 6.42 Å². The molecule has 0 N–H and O–H groups in total. The van der Waals surface area contributed by atoms with Gasteiger partial charge in [0.05, 0.1) is 0 Å². The molecule has 0 nitrogen and oxygen atoms in total. The molecule has 0 radical (unpaired) electrons. The van der Waals surface area contributed by atoms with Crippen molar-refractivity contribution in [2.45, 2.75) is 38.0 Å². The van der Waals surface area contributed by atoms with E-state index in [2.05, 4.69) is 68.0 Å². The lowest BCUT2D eigenvalue weighted by Crippen LogP contribution is -2.06. The maximum absolute atomic E-state index is 5.51. The van der Waals surface area contributed by atoms with Crippen molar-refractivity contribution < 1.29 is 0 Å². The zero-order valence-corrected chi connectivity index (χ0v) is 13.2. The topological polar surface area (TPSA) is 0 Å². The zero-order valence-electron chi connectivity index (χ0n) is 13.2. The predicted octanol–water partition coefficient (Wildman–Crippen LogP) is 5.56. The molecule has 3 rings (SSSR count). The van der Waals surface area contributed by atoms with Gasteiger partial charge in [-0.1, -0.05) is 60.7 Å². The lowest BCUT2D eigenvalue weighted by Gasteiger charge is -2.20. The Hall–Kier alpha value is -2.26. The van der Waals surface area contributed by atoms with Gasteiger partial charge >= 0.3 is 0 Å². The van der Waals surface area contributed by atoms with E-state index in [1.807, 2.05) is 0 Å². The molecule has 0 spiro atoms. The Labute approximate surface area is 133 Å². The first kappa shape index (κ1) is 14.7. The van der Waals surface area contributed by atoms with E-state index in [1.165, 1.54) is 22.3 Å². The molecule has 2 unspecified atom stereocenters. The smallest absolute Gasteiger partial charge is 0.00921 e. The van der Waals surface area contributed by atoms with Gasteiger partial charge in [-0.15, -0.1) is 12.3 Å². The van der Waals surface area contributed by atoms with Crippen LogP contribution in [0.1, 0.15) is 53.9 Å². The van der Waals surface area contributed by atoms with Crippen LogP contribution < -0.4 is 0 Å². The number of benzene rings is 2. The number of allylic oxidation sites excluding steroid dienone is 1. The molecule has 0 amide bonds. The fourth-order valence-corrected chi connectivity index (χ4v) is 3.65. The van der Waals surface area contributed by atoms with E-state index < -0.39 is 0 Å². The standard InChI is InChI=1S/C22H22/c1-4-5-11-21-20-13-12-18(16(2)3)14-19(20)15-22(21)17-9-7-6-8-10-17/h1,6-10,12-14,21-22H,2,5,11,15H2,3H3. The summed E-state index contributed by atoms with van der Waals surface area (Å²) < 4.78 is 0. The molecular weight excluding hydrogens is 264 g/mol. The Morgan fingerprint density at radius 1 is 1.23 bits per heavy atom. The molecule has 1 aliphatic rings. The zero-order chi connectivity index (χ0) is 15.5. The van der Waals surface area contributed by atoms with E-state index in [1.54, 1.807) is 0 Å². The number of hydrogen-bond acceptors (Lipinski definition) is 0. The molecule has 0 heteroatoms. The highest BCUT2D eigenvalue weighted by Gasteiger charge is 2.32. The predicted molar refractivity (Wildman–Crippen MR) is 94.8 cm³/mol. The van der Waals surface area contributed by atoms with Crippen molar-refractivity contribution in [1.29, 1.82) is 0 Å².